The maximum Gasteiger partial charge on any atom is 0.250 e. The number of hydrazine groups is 2. The summed E-state index contributed by atoms with van der Waals surface area (Å²) in [7, 11) is 1.95. The van der Waals surface area contributed by atoms with Crippen LogP contribution in [0.4, 0.5) is 11.5 Å². The summed E-state index contributed by atoms with van der Waals surface area (Å²) >= 11 is 0. The fourth-order valence-electron chi connectivity index (χ4n) is 3.34. The lowest BCUT2D eigenvalue weighted by Crippen LogP contribution is -2.31. The monoisotopic (exact) mass is 397 g/mol. The van der Waals surface area contributed by atoms with E-state index >= 15 is 0 Å². The summed E-state index contributed by atoms with van der Waals surface area (Å²) < 4.78 is 7.55. The van der Waals surface area contributed by atoms with E-state index in [1.54, 1.807) is 6.33 Å². The van der Waals surface area contributed by atoms with Gasteiger partial charge < -0.3 is 14.2 Å². The van der Waals surface area contributed by atoms with E-state index < -0.39 is 0 Å². The Labute approximate surface area is 168 Å². The molecule has 0 saturated carbocycles. The maximum absolute atomic E-state index is 11.6. The first-order valence-corrected chi connectivity index (χ1v) is 9.75. The van der Waals surface area contributed by atoms with Crippen LogP contribution in [-0.4, -0.2) is 57.3 Å². The van der Waals surface area contributed by atoms with Crippen molar-refractivity contribution in [3.8, 4) is 11.4 Å². The first kappa shape index (κ1) is 19.1. The van der Waals surface area contributed by atoms with E-state index in [1.807, 2.05) is 42.8 Å². The van der Waals surface area contributed by atoms with Crippen molar-refractivity contribution in [3.05, 3.63) is 35.5 Å². The molecule has 4 rings (SSSR count). The molecule has 10 heteroatoms. The van der Waals surface area contributed by atoms with Crippen molar-refractivity contribution in [1.82, 2.24) is 24.9 Å². The fourth-order valence-corrected chi connectivity index (χ4v) is 3.34. The molecule has 0 bridgehead atoms. The SMILES string of the molecule is CCN[N+](=O)Nc1ccc(-c2nc(N3CCCOCC3)c3c(ncn3C)n2)cc1. The van der Waals surface area contributed by atoms with Gasteiger partial charge in [-0.3, -0.25) is 0 Å². The van der Waals surface area contributed by atoms with Crippen LogP contribution >= 0.6 is 0 Å². The van der Waals surface area contributed by atoms with Gasteiger partial charge in [0.05, 0.1) is 24.4 Å². The molecule has 0 radical (unpaired) electrons. The zero-order valence-electron chi connectivity index (χ0n) is 16.6. The predicted molar refractivity (Wildman–Crippen MR) is 110 cm³/mol. The highest BCUT2D eigenvalue weighted by molar-refractivity contribution is 5.86. The molecule has 29 heavy (non-hydrogen) atoms. The molecule has 0 amide bonds. The molecule has 1 fully saturated rings. The highest BCUT2D eigenvalue weighted by Gasteiger charge is 2.20. The lowest BCUT2D eigenvalue weighted by molar-refractivity contribution is -0.578. The molecule has 0 aliphatic carbocycles. The van der Waals surface area contributed by atoms with Gasteiger partial charge in [0.25, 0.3) is 4.98 Å². The van der Waals surface area contributed by atoms with Gasteiger partial charge in [0.1, 0.15) is 11.2 Å². The number of aromatic nitrogens is 4. The average Bonchev–Trinajstić information content (AvgIpc) is 2.93. The maximum atomic E-state index is 11.6. The van der Waals surface area contributed by atoms with E-state index in [-0.39, 0.29) is 0 Å². The van der Waals surface area contributed by atoms with Crippen LogP contribution in [0.1, 0.15) is 13.3 Å². The standard InChI is InChI=1S/C19H25N8O2/c1-3-21-27(28)24-15-7-5-14(6-8-15)17-22-18-16(25(2)13-20-18)19(23-17)26-9-4-11-29-12-10-26/h5-8,13H,3-4,9-12H2,1-2H3,(H2,21,24,28)/q+1. The lowest BCUT2D eigenvalue weighted by atomic mass is 10.2. The van der Waals surface area contributed by atoms with Crippen molar-refractivity contribution in [2.75, 3.05) is 43.2 Å². The Kier molecular flexibility index (Phi) is 5.52. The van der Waals surface area contributed by atoms with Crippen molar-refractivity contribution >= 4 is 22.7 Å². The molecular formula is C19H25N8O2+. The van der Waals surface area contributed by atoms with E-state index in [1.165, 1.54) is 0 Å². The summed E-state index contributed by atoms with van der Waals surface area (Å²) in [6, 6.07) is 7.43. The Morgan fingerprint density at radius 2 is 2.00 bits per heavy atom. The van der Waals surface area contributed by atoms with Gasteiger partial charge in [-0.05, 0) is 37.6 Å². The van der Waals surface area contributed by atoms with Gasteiger partial charge in [-0.1, -0.05) is 5.43 Å². The number of hydrogen-bond donors (Lipinski definition) is 2. The minimum Gasteiger partial charge on any atom is -0.380 e. The van der Waals surface area contributed by atoms with Crippen LogP contribution in [-0.2, 0) is 11.8 Å². The largest absolute Gasteiger partial charge is 0.380 e. The van der Waals surface area contributed by atoms with Gasteiger partial charge in [0, 0.05) is 32.3 Å². The highest BCUT2D eigenvalue weighted by Crippen LogP contribution is 2.28. The topological polar surface area (TPSA) is 100 Å². The molecule has 2 N–H and O–H groups in total. The molecule has 0 unspecified atom stereocenters. The quantitative estimate of drug-likeness (QED) is 0.480. The third-order valence-electron chi connectivity index (χ3n) is 4.75. The summed E-state index contributed by atoms with van der Waals surface area (Å²) in [5.74, 6) is 1.48. The van der Waals surface area contributed by atoms with Crippen LogP contribution in [0.3, 0.4) is 0 Å². The number of imidazole rings is 1. The van der Waals surface area contributed by atoms with Gasteiger partial charge in [0.2, 0.25) is 0 Å². The Bertz CT molecular complexity index is 993. The van der Waals surface area contributed by atoms with Gasteiger partial charge in [-0.2, -0.15) is 0 Å². The van der Waals surface area contributed by atoms with Crippen molar-refractivity contribution in [1.29, 1.82) is 0 Å². The van der Waals surface area contributed by atoms with Crippen molar-refractivity contribution in [3.63, 3.8) is 0 Å². The molecule has 1 aromatic carbocycles. The molecule has 152 valence electrons. The first-order chi connectivity index (χ1) is 14.2. The summed E-state index contributed by atoms with van der Waals surface area (Å²) in [5.41, 5.74) is 8.45. The Morgan fingerprint density at radius 3 is 2.79 bits per heavy atom. The smallest absolute Gasteiger partial charge is 0.250 e. The van der Waals surface area contributed by atoms with Crippen molar-refractivity contribution < 1.29 is 9.71 Å². The molecule has 0 atom stereocenters. The normalized spacial score (nSPS) is 14.6. The Morgan fingerprint density at radius 1 is 1.17 bits per heavy atom. The second-order valence-electron chi connectivity index (χ2n) is 6.85. The van der Waals surface area contributed by atoms with Crippen LogP contribution in [0.25, 0.3) is 22.6 Å². The molecular weight excluding hydrogens is 372 g/mol. The molecule has 10 nitrogen and oxygen atoms in total. The third kappa shape index (κ3) is 4.11. The van der Waals surface area contributed by atoms with Crippen molar-refractivity contribution in [2.45, 2.75) is 13.3 Å². The molecule has 3 aromatic rings. The number of ether oxygens (including phenoxy) is 1. The second kappa shape index (κ2) is 8.39. The summed E-state index contributed by atoms with van der Waals surface area (Å²) in [6.07, 6.45) is 2.72. The minimum absolute atomic E-state index is 0.539. The second-order valence-corrected chi connectivity index (χ2v) is 6.85. The molecule has 2 aromatic heterocycles. The van der Waals surface area contributed by atoms with Crippen molar-refractivity contribution in [2.24, 2.45) is 7.05 Å². The molecule has 3 heterocycles. The van der Waals surface area contributed by atoms with Crippen LogP contribution in [0.15, 0.2) is 30.6 Å². The molecule has 0 spiro atoms. The van der Waals surface area contributed by atoms with E-state index in [9.17, 15) is 4.91 Å². The lowest BCUT2D eigenvalue weighted by Gasteiger charge is -2.22. The number of hydrogen-bond acceptors (Lipinski definition) is 6. The number of fused-ring (bicyclic) bond motifs is 1. The Hall–Kier alpha value is -3.27. The van der Waals surface area contributed by atoms with Crippen LogP contribution in [0.5, 0.6) is 0 Å². The number of rotatable bonds is 6. The summed E-state index contributed by atoms with van der Waals surface area (Å²) in [5, 5.41) is 0. The first-order valence-electron chi connectivity index (χ1n) is 9.75. The van der Waals surface area contributed by atoms with E-state index in [4.69, 9.17) is 9.72 Å². The molecule has 1 saturated heterocycles. The van der Waals surface area contributed by atoms with Gasteiger partial charge >= 0.3 is 0 Å². The van der Waals surface area contributed by atoms with Gasteiger partial charge in [-0.15, -0.1) is 5.43 Å². The van der Waals surface area contributed by atoms with Crippen LogP contribution < -0.4 is 15.8 Å². The Balaban J connectivity index is 1.68. The number of aryl methyl sites for hydroxylation is 1. The number of nitroso groups, excluding NO2 is 1. The molecule has 1 aliphatic rings. The summed E-state index contributed by atoms with van der Waals surface area (Å²) in [6.45, 7) is 5.50. The van der Waals surface area contributed by atoms with Crippen LogP contribution in [0, 0.1) is 4.91 Å². The minimum atomic E-state index is 0.539. The van der Waals surface area contributed by atoms with Gasteiger partial charge in [0.15, 0.2) is 17.3 Å². The van der Waals surface area contributed by atoms with E-state index in [0.29, 0.717) is 35.3 Å². The fraction of sp³-hybridized carbons (Fsp3) is 0.421. The van der Waals surface area contributed by atoms with E-state index in [0.717, 1.165) is 43.0 Å². The van der Waals surface area contributed by atoms with Gasteiger partial charge in [-0.25, -0.2) is 15.0 Å². The van der Waals surface area contributed by atoms with Crippen LogP contribution in [0.2, 0.25) is 0 Å². The number of anilines is 2. The highest BCUT2D eigenvalue weighted by atomic mass is 16.5. The van der Waals surface area contributed by atoms with E-state index in [2.05, 4.69) is 25.7 Å². The summed E-state index contributed by atoms with van der Waals surface area (Å²) in [4.78, 5) is 28.4. The third-order valence-corrected chi connectivity index (χ3v) is 4.75. The number of benzene rings is 1. The molecule has 1 aliphatic heterocycles. The number of nitrogens with zero attached hydrogens (tertiary/aromatic N) is 6. The number of nitrogens with one attached hydrogen (secondary N) is 2. The predicted octanol–water partition coefficient (Wildman–Crippen LogP) is 1.89. The average molecular weight is 397 g/mol. The zero-order valence-corrected chi connectivity index (χ0v) is 16.6. The zero-order chi connectivity index (χ0) is 20.2.